The fourth-order valence-corrected chi connectivity index (χ4v) is 1.79. The Hall–Kier alpha value is -2.21. The van der Waals surface area contributed by atoms with Crippen molar-refractivity contribution in [2.45, 2.75) is 25.9 Å². The molecule has 2 aromatic rings. The molecule has 1 atom stereocenters. The van der Waals surface area contributed by atoms with Gasteiger partial charge in [-0.1, -0.05) is 44.2 Å². The van der Waals surface area contributed by atoms with Crippen LogP contribution in [0.5, 0.6) is 0 Å². The van der Waals surface area contributed by atoms with Gasteiger partial charge in [0.15, 0.2) is 6.10 Å². The quantitative estimate of drug-likeness (QED) is 0.876. The third kappa shape index (κ3) is 3.21. The maximum absolute atomic E-state index is 12.2. The number of aromatic nitrogens is 3. The number of benzene rings is 1. The molecule has 0 bridgehead atoms. The number of H-pyrrole nitrogens is 1. The standard InChI is InChI=1S/C14H18N4O2/c1-9(2)12-15-14(18-17-12)16-13(19)11(20-3)10-7-5-4-6-8-10/h4-9,11H,1-3H3,(H2,15,16,17,18,19)/t11-/m1/s1. The molecule has 6 heteroatoms. The van der Waals surface area contributed by atoms with Gasteiger partial charge in [0.05, 0.1) is 0 Å². The molecular formula is C14H18N4O2. The van der Waals surface area contributed by atoms with Crippen molar-refractivity contribution in [3.8, 4) is 0 Å². The Morgan fingerprint density at radius 3 is 2.55 bits per heavy atom. The Bertz CT molecular complexity index is 566. The second-order valence-corrected chi connectivity index (χ2v) is 4.71. The molecule has 0 saturated carbocycles. The van der Waals surface area contributed by atoms with Gasteiger partial charge in [0, 0.05) is 13.0 Å². The first kappa shape index (κ1) is 14.2. The summed E-state index contributed by atoms with van der Waals surface area (Å²) in [5.74, 6) is 0.916. The molecule has 0 aliphatic heterocycles. The van der Waals surface area contributed by atoms with E-state index in [9.17, 15) is 4.79 Å². The Labute approximate surface area is 117 Å². The predicted molar refractivity (Wildman–Crippen MR) is 75.3 cm³/mol. The summed E-state index contributed by atoms with van der Waals surface area (Å²) in [6.07, 6.45) is -0.683. The van der Waals surface area contributed by atoms with Gasteiger partial charge < -0.3 is 4.74 Å². The van der Waals surface area contributed by atoms with E-state index in [1.807, 2.05) is 44.2 Å². The van der Waals surface area contributed by atoms with E-state index in [0.29, 0.717) is 0 Å². The highest BCUT2D eigenvalue weighted by Crippen LogP contribution is 2.18. The van der Waals surface area contributed by atoms with Crippen LogP contribution in [0.1, 0.15) is 37.3 Å². The lowest BCUT2D eigenvalue weighted by atomic mass is 10.1. The molecule has 2 rings (SSSR count). The summed E-state index contributed by atoms with van der Waals surface area (Å²) >= 11 is 0. The zero-order chi connectivity index (χ0) is 14.5. The van der Waals surface area contributed by atoms with Crippen LogP contribution < -0.4 is 5.32 Å². The average Bonchev–Trinajstić information content (AvgIpc) is 2.89. The molecule has 0 aliphatic carbocycles. The number of aromatic amines is 1. The third-order valence-corrected chi connectivity index (χ3v) is 2.86. The second-order valence-electron chi connectivity index (χ2n) is 4.71. The number of rotatable bonds is 5. The SMILES string of the molecule is CO[C@@H](C(=O)Nc1n[nH]c(C(C)C)n1)c1ccccc1. The minimum Gasteiger partial charge on any atom is -0.367 e. The van der Waals surface area contributed by atoms with E-state index < -0.39 is 6.10 Å². The van der Waals surface area contributed by atoms with Crippen molar-refractivity contribution in [3.63, 3.8) is 0 Å². The summed E-state index contributed by atoms with van der Waals surface area (Å²) < 4.78 is 5.25. The number of nitrogens with one attached hydrogen (secondary N) is 2. The van der Waals surface area contributed by atoms with Crippen LogP contribution in [0.25, 0.3) is 0 Å². The molecule has 0 aliphatic rings. The van der Waals surface area contributed by atoms with E-state index in [1.165, 1.54) is 7.11 Å². The van der Waals surface area contributed by atoms with Gasteiger partial charge in [-0.15, -0.1) is 5.10 Å². The lowest BCUT2D eigenvalue weighted by Crippen LogP contribution is -2.23. The molecule has 0 unspecified atom stereocenters. The molecule has 1 amide bonds. The Kier molecular flexibility index (Phi) is 4.47. The number of ether oxygens (including phenoxy) is 1. The van der Waals surface area contributed by atoms with Crippen LogP contribution in [0.4, 0.5) is 5.95 Å². The highest BCUT2D eigenvalue weighted by Gasteiger charge is 2.21. The van der Waals surface area contributed by atoms with Gasteiger partial charge in [0.1, 0.15) is 5.82 Å². The highest BCUT2D eigenvalue weighted by molar-refractivity contribution is 5.93. The van der Waals surface area contributed by atoms with Crippen molar-refractivity contribution in [3.05, 3.63) is 41.7 Å². The summed E-state index contributed by atoms with van der Waals surface area (Å²) in [6, 6.07) is 9.28. The van der Waals surface area contributed by atoms with Crippen LogP contribution in [0.2, 0.25) is 0 Å². The fourth-order valence-electron chi connectivity index (χ4n) is 1.79. The molecule has 0 saturated heterocycles. The number of carbonyl (C=O) groups is 1. The maximum Gasteiger partial charge on any atom is 0.260 e. The predicted octanol–water partition coefficient (Wildman–Crippen LogP) is 2.25. The number of carbonyl (C=O) groups excluding carboxylic acids is 1. The summed E-state index contributed by atoms with van der Waals surface area (Å²) in [7, 11) is 1.49. The summed E-state index contributed by atoms with van der Waals surface area (Å²) in [5.41, 5.74) is 0.784. The molecule has 1 heterocycles. The second kappa shape index (κ2) is 6.29. The van der Waals surface area contributed by atoms with E-state index in [2.05, 4.69) is 20.5 Å². The third-order valence-electron chi connectivity index (χ3n) is 2.86. The van der Waals surface area contributed by atoms with Gasteiger partial charge in [0.25, 0.3) is 5.91 Å². The Balaban J connectivity index is 2.09. The van der Waals surface area contributed by atoms with Crippen LogP contribution in [0.15, 0.2) is 30.3 Å². The van der Waals surface area contributed by atoms with Gasteiger partial charge in [-0.3, -0.25) is 15.2 Å². The van der Waals surface area contributed by atoms with Crippen molar-refractivity contribution in [1.82, 2.24) is 15.2 Å². The van der Waals surface area contributed by atoms with E-state index in [0.717, 1.165) is 11.4 Å². The molecule has 0 spiro atoms. The van der Waals surface area contributed by atoms with Crippen LogP contribution in [0, 0.1) is 0 Å². The van der Waals surface area contributed by atoms with E-state index >= 15 is 0 Å². The van der Waals surface area contributed by atoms with E-state index in [-0.39, 0.29) is 17.8 Å². The smallest absolute Gasteiger partial charge is 0.260 e. The van der Waals surface area contributed by atoms with Gasteiger partial charge in [-0.25, -0.2) is 0 Å². The number of hydrogen-bond acceptors (Lipinski definition) is 4. The zero-order valence-corrected chi connectivity index (χ0v) is 11.8. The van der Waals surface area contributed by atoms with Crippen LogP contribution >= 0.6 is 0 Å². The Morgan fingerprint density at radius 1 is 1.30 bits per heavy atom. The molecule has 20 heavy (non-hydrogen) atoms. The first-order valence-electron chi connectivity index (χ1n) is 6.42. The highest BCUT2D eigenvalue weighted by atomic mass is 16.5. The minimum absolute atomic E-state index is 0.223. The first-order chi connectivity index (χ1) is 9.61. The van der Waals surface area contributed by atoms with Crippen molar-refractivity contribution in [1.29, 1.82) is 0 Å². The van der Waals surface area contributed by atoms with Gasteiger partial charge in [0.2, 0.25) is 5.95 Å². The van der Waals surface area contributed by atoms with Crippen LogP contribution in [-0.2, 0) is 9.53 Å². The lowest BCUT2D eigenvalue weighted by molar-refractivity contribution is -0.126. The first-order valence-corrected chi connectivity index (χ1v) is 6.42. The van der Waals surface area contributed by atoms with Gasteiger partial charge in [-0.2, -0.15) is 4.98 Å². The van der Waals surface area contributed by atoms with E-state index in [1.54, 1.807) is 0 Å². The molecule has 6 nitrogen and oxygen atoms in total. The molecule has 2 N–H and O–H groups in total. The molecular weight excluding hydrogens is 256 g/mol. The van der Waals surface area contributed by atoms with Crippen molar-refractivity contribution >= 4 is 11.9 Å². The molecule has 0 radical (unpaired) electrons. The molecule has 1 aromatic heterocycles. The van der Waals surface area contributed by atoms with Crippen LogP contribution in [-0.4, -0.2) is 28.2 Å². The van der Waals surface area contributed by atoms with Crippen molar-refractivity contribution < 1.29 is 9.53 Å². The van der Waals surface area contributed by atoms with Crippen molar-refractivity contribution in [2.24, 2.45) is 0 Å². The molecule has 1 aromatic carbocycles. The maximum atomic E-state index is 12.2. The minimum atomic E-state index is -0.683. The molecule has 106 valence electrons. The number of hydrogen-bond donors (Lipinski definition) is 2. The summed E-state index contributed by atoms with van der Waals surface area (Å²) in [5, 5.41) is 9.40. The number of methoxy groups -OCH3 is 1. The summed E-state index contributed by atoms with van der Waals surface area (Å²) in [6.45, 7) is 3.99. The van der Waals surface area contributed by atoms with Crippen molar-refractivity contribution in [2.75, 3.05) is 12.4 Å². The largest absolute Gasteiger partial charge is 0.367 e. The van der Waals surface area contributed by atoms with E-state index in [4.69, 9.17) is 4.74 Å². The number of amides is 1. The Morgan fingerprint density at radius 2 is 2.00 bits per heavy atom. The average molecular weight is 274 g/mol. The monoisotopic (exact) mass is 274 g/mol. The zero-order valence-electron chi connectivity index (χ0n) is 11.8. The van der Waals surface area contributed by atoms with Gasteiger partial charge in [-0.05, 0) is 5.56 Å². The van der Waals surface area contributed by atoms with Gasteiger partial charge >= 0.3 is 0 Å². The van der Waals surface area contributed by atoms with Crippen LogP contribution in [0.3, 0.4) is 0 Å². The summed E-state index contributed by atoms with van der Waals surface area (Å²) in [4.78, 5) is 16.4. The lowest BCUT2D eigenvalue weighted by Gasteiger charge is -2.14. The number of anilines is 1. The topological polar surface area (TPSA) is 79.9 Å². The molecule has 0 fully saturated rings. The number of nitrogens with zero attached hydrogens (tertiary/aromatic N) is 2. The fraction of sp³-hybridized carbons (Fsp3) is 0.357. The normalized spacial score (nSPS) is 12.4.